The van der Waals surface area contributed by atoms with Crippen LogP contribution in [0.3, 0.4) is 0 Å². The van der Waals surface area contributed by atoms with Gasteiger partial charge in [-0.3, -0.25) is 19.2 Å². The van der Waals surface area contributed by atoms with Gasteiger partial charge in [-0.2, -0.15) is 5.10 Å². The molecular formula is C20H29N5O2S. The molecule has 0 spiro atoms. The second-order valence-corrected chi connectivity index (χ2v) is 8.82. The van der Waals surface area contributed by atoms with Gasteiger partial charge in [-0.25, -0.2) is 0 Å². The van der Waals surface area contributed by atoms with Crippen LogP contribution in [0.4, 0.5) is 5.00 Å². The number of thiophene rings is 1. The molecule has 0 aromatic carbocycles. The smallest absolute Gasteiger partial charge is 0.251 e. The first-order chi connectivity index (χ1) is 13.3. The highest BCUT2D eigenvalue weighted by Crippen LogP contribution is 2.39. The number of primary amides is 1. The van der Waals surface area contributed by atoms with E-state index in [4.69, 9.17) is 5.73 Å². The topological polar surface area (TPSA) is 93.2 Å². The number of fused-ring (bicyclic) bond motifs is 1. The van der Waals surface area contributed by atoms with Gasteiger partial charge in [0.2, 0.25) is 5.91 Å². The van der Waals surface area contributed by atoms with Crippen molar-refractivity contribution in [3.05, 3.63) is 33.5 Å². The summed E-state index contributed by atoms with van der Waals surface area (Å²) in [7, 11) is 1.90. The van der Waals surface area contributed by atoms with Crippen LogP contribution in [-0.4, -0.2) is 40.1 Å². The predicted molar refractivity (Wildman–Crippen MR) is 112 cm³/mol. The number of aryl methyl sites for hydroxylation is 1. The SMILES string of the molecule is CCn1ncc(CN(C)CC(=O)Nc2sc3c(c2C(N)=O)CC[C@H](C)C3)c1C. The van der Waals surface area contributed by atoms with Gasteiger partial charge in [-0.05, 0) is 51.6 Å². The van der Waals surface area contributed by atoms with E-state index in [1.807, 2.05) is 29.7 Å². The first-order valence-electron chi connectivity index (χ1n) is 9.74. The Labute approximate surface area is 169 Å². The third kappa shape index (κ3) is 4.28. The van der Waals surface area contributed by atoms with Crippen molar-refractivity contribution in [3.8, 4) is 0 Å². The minimum atomic E-state index is -0.460. The molecule has 3 rings (SSSR count). The fourth-order valence-corrected chi connectivity index (χ4v) is 5.25. The maximum Gasteiger partial charge on any atom is 0.251 e. The Bertz CT molecular complexity index is 886. The monoisotopic (exact) mass is 403 g/mol. The van der Waals surface area contributed by atoms with Crippen LogP contribution in [-0.2, 0) is 30.7 Å². The minimum absolute atomic E-state index is 0.141. The van der Waals surface area contributed by atoms with Crippen LogP contribution in [0.5, 0.6) is 0 Å². The number of amides is 2. The number of hydrogen-bond donors (Lipinski definition) is 2. The Morgan fingerprint density at radius 1 is 1.46 bits per heavy atom. The molecule has 2 aromatic rings. The molecule has 0 saturated carbocycles. The van der Waals surface area contributed by atoms with Crippen molar-refractivity contribution >= 4 is 28.2 Å². The third-order valence-electron chi connectivity index (χ3n) is 5.37. The Morgan fingerprint density at radius 2 is 2.21 bits per heavy atom. The molecule has 28 heavy (non-hydrogen) atoms. The first kappa shape index (κ1) is 20.5. The summed E-state index contributed by atoms with van der Waals surface area (Å²) in [5.41, 5.74) is 9.38. The van der Waals surface area contributed by atoms with E-state index in [1.165, 1.54) is 16.2 Å². The Kier molecular flexibility index (Phi) is 6.20. The summed E-state index contributed by atoms with van der Waals surface area (Å²) in [4.78, 5) is 27.7. The molecule has 7 nitrogen and oxygen atoms in total. The summed E-state index contributed by atoms with van der Waals surface area (Å²) >= 11 is 1.50. The molecule has 0 radical (unpaired) electrons. The van der Waals surface area contributed by atoms with Crippen molar-refractivity contribution in [1.29, 1.82) is 0 Å². The van der Waals surface area contributed by atoms with Crippen molar-refractivity contribution in [2.75, 3.05) is 18.9 Å². The van der Waals surface area contributed by atoms with Gasteiger partial charge in [-0.1, -0.05) is 6.92 Å². The zero-order chi connectivity index (χ0) is 20.4. The van der Waals surface area contributed by atoms with Crippen LogP contribution < -0.4 is 11.1 Å². The number of anilines is 1. The fraction of sp³-hybridized carbons (Fsp3) is 0.550. The van der Waals surface area contributed by atoms with Crippen molar-refractivity contribution in [3.63, 3.8) is 0 Å². The lowest BCUT2D eigenvalue weighted by molar-refractivity contribution is -0.117. The van der Waals surface area contributed by atoms with E-state index in [0.717, 1.165) is 42.6 Å². The molecular weight excluding hydrogens is 374 g/mol. The number of rotatable bonds is 7. The van der Waals surface area contributed by atoms with Crippen molar-refractivity contribution in [2.45, 2.75) is 53.1 Å². The molecule has 0 fully saturated rings. The molecule has 1 aliphatic carbocycles. The van der Waals surface area contributed by atoms with E-state index >= 15 is 0 Å². The van der Waals surface area contributed by atoms with Gasteiger partial charge in [0, 0.05) is 29.2 Å². The lowest BCUT2D eigenvalue weighted by atomic mass is 9.88. The van der Waals surface area contributed by atoms with Gasteiger partial charge in [0.05, 0.1) is 18.3 Å². The van der Waals surface area contributed by atoms with Crippen LogP contribution in [0.25, 0.3) is 0 Å². The van der Waals surface area contributed by atoms with Crippen molar-refractivity contribution in [2.24, 2.45) is 11.7 Å². The molecule has 1 atom stereocenters. The van der Waals surface area contributed by atoms with Gasteiger partial charge in [-0.15, -0.1) is 11.3 Å². The van der Waals surface area contributed by atoms with E-state index in [2.05, 4.69) is 24.3 Å². The van der Waals surface area contributed by atoms with E-state index in [1.54, 1.807) is 0 Å². The maximum atomic E-state index is 12.6. The van der Waals surface area contributed by atoms with Crippen molar-refractivity contribution < 1.29 is 9.59 Å². The van der Waals surface area contributed by atoms with Crippen LogP contribution >= 0.6 is 11.3 Å². The minimum Gasteiger partial charge on any atom is -0.365 e. The number of hydrogen-bond acceptors (Lipinski definition) is 5. The van der Waals surface area contributed by atoms with Crippen LogP contribution in [0.15, 0.2) is 6.20 Å². The van der Waals surface area contributed by atoms with E-state index in [0.29, 0.717) is 23.0 Å². The average Bonchev–Trinajstić information content (AvgIpc) is 3.14. The first-order valence-corrected chi connectivity index (χ1v) is 10.6. The number of nitrogens with two attached hydrogens (primary N) is 1. The summed E-state index contributed by atoms with van der Waals surface area (Å²) in [6, 6.07) is 0. The van der Waals surface area contributed by atoms with Gasteiger partial charge in [0.15, 0.2) is 0 Å². The molecule has 152 valence electrons. The summed E-state index contributed by atoms with van der Waals surface area (Å²) in [5.74, 6) is -0.00988. The van der Waals surface area contributed by atoms with Gasteiger partial charge >= 0.3 is 0 Å². The number of nitrogens with one attached hydrogen (secondary N) is 1. The summed E-state index contributed by atoms with van der Waals surface area (Å²) < 4.78 is 1.94. The highest BCUT2D eigenvalue weighted by molar-refractivity contribution is 7.17. The molecule has 2 heterocycles. The second-order valence-electron chi connectivity index (χ2n) is 7.71. The highest BCUT2D eigenvalue weighted by atomic mass is 32.1. The quantitative estimate of drug-likeness (QED) is 0.743. The van der Waals surface area contributed by atoms with E-state index < -0.39 is 5.91 Å². The van der Waals surface area contributed by atoms with Crippen LogP contribution in [0.1, 0.15) is 52.3 Å². The molecule has 8 heteroatoms. The molecule has 2 amide bonds. The number of carbonyl (C=O) groups is 2. The third-order valence-corrected chi connectivity index (χ3v) is 6.54. The van der Waals surface area contributed by atoms with Gasteiger partial charge in [0.25, 0.3) is 5.91 Å². The number of aromatic nitrogens is 2. The van der Waals surface area contributed by atoms with E-state index in [9.17, 15) is 9.59 Å². The molecule has 2 aromatic heterocycles. The van der Waals surface area contributed by atoms with E-state index in [-0.39, 0.29) is 12.5 Å². The second kappa shape index (κ2) is 8.45. The van der Waals surface area contributed by atoms with Gasteiger partial charge < -0.3 is 11.1 Å². The highest BCUT2D eigenvalue weighted by Gasteiger charge is 2.27. The van der Waals surface area contributed by atoms with Crippen molar-refractivity contribution in [1.82, 2.24) is 14.7 Å². The predicted octanol–water partition coefficient (Wildman–Crippen LogP) is 2.57. The lowest BCUT2D eigenvalue weighted by Gasteiger charge is -2.18. The number of likely N-dealkylation sites (N-methyl/N-ethyl adjacent to an activating group) is 1. The Hall–Kier alpha value is -2.19. The van der Waals surface area contributed by atoms with Gasteiger partial charge in [0.1, 0.15) is 5.00 Å². The summed E-state index contributed by atoms with van der Waals surface area (Å²) in [5, 5.41) is 7.87. The summed E-state index contributed by atoms with van der Waals surface area (Å²) in [6.45, 7) is 8.00. The largest absolute Gasteiger partial charge is 0.365 e. The Balaban J connectivity index is 1.67. The van der Waals surface area contributed by atoms with Crippen LogP contribution in [0, 0.1) is 12.8 Å². The average molecular weight is 404 g/mol. The number of carbonyl (C=O) groups excluding carboxylic acids is 2. The normalized spacial score (nSPS) is 16.2. The Morgan fingerprint density at radius 3 is 2.86 bits per heavy atom. The molecule has 3 N–H and O–H groups in total. The number of nitrogens with zero attached hydrogens (tertiary/aromatic N) is 3. The van der Waals surface area contributed by atoms with Crippen LogP contribution in [0.2, 0.25) is 0 Å². The molecule has 0 unspecified atom stereocenters. The standard InChI is InChI=1S/C20H29N5O2S/c1-5-25-13(3)14(9-22-25)10-24(4)11-17(26)23-20-18(19(21)27)15-7-6-12(2)8-16(15)28-20/h9,12H,5-8,10-11H2,1-4H3,(H2,21,27)(H,23,26)/t12-/m0/s1. The maximum absolute atomic E-state index is 12.6. The zero-order valence-electron chi connectivity index (χ0n) is 17.0. The fourth-order valence-electron chi connectivity index (χ4n) is 3.82. The summed E-state index contributed by atoms with van der Waals surface area (Å²) in [6.07, 6.45) is 4.69. The lowest BCUT2D eigenvalue weighted by Crippen LogP contribution is -2.30. The molecule has 0 saturated heterocycles. The molecule has 1 aliphatic rings. The molecule has 0 bridgehead atoms. The molecule has 0 aliphatic heterocycles. The zero-order valence-corrected chi connectivity index (χ0v) is 17.9.